The van der Waals surface area contributed by atoms with E-state index in [-0.39, 0.29) is 7.43 Å². The van der Waals surface area contributed by atoms with E-state index in [1.807, 2.05) is 13.8 Å². The van der Waals surface area contributed by atoms with Gasteiger partial charge in [0.15, 0.2) is 0 Å². The molecule has 0 saturated carbocycles. The minimum atomic E-state index is 0. The number of hydrogen-bond acceptors (Lipinski definition) is 1. The van der Waals surface area contributed by atoms with Gasteiger partial charge in [0.2, 0.25) is 0 Å². The van der Waals surface area contributed by atoms with E-state index in [0.717, 1.165) is 0 Å². The Kier molecular flexibility index (Phi) is 87800. The van der Waals surface area contributed by atoms with E-state index in [1.165, 1.54) is 7.05 Å². The predicted molar refractivity (Wildman–Crippen MR) is 28.2 cm³/mol. The van der Waals surface area contributed by atoms with Crippen LogP contribution in [-0.2, 0) is 0 Å². The third-order valence-corrected chi connectivity index (χ3v) is 0. The molecule has 0 aromatic rings. The highest BCUT2D eigenvalue weighted by atomic mass is 14.4. The molecular formula is C4H15N. The monoisotopic (exact) mass is 77.1 g/mol. The van der Waals surface area contributed by atoms with Crippen LogP contribution in [0.25, 0.3) is 0 Å². The molecule has 0 bridgehead atoms. The first-order valence-electron chi connectivity index (χ1n) is 1.58. The Morgan fingerprint density at radius 2 is 1.00 bits per heavy atom. The Morgan fingerprint density at radius 1 is 1.00 bits per heavy atom. The smallest absolute Gasteiger partial charge is 0.0195 e. The van der Waals surface area contributed by atoms with Gasteiger partial charge in [0.1, 0.15) is 0 Å². The summed E-state index contributed by atoms with van der Waals surface area (Å²) < 4.78 is 0. The SMILES string of the molecule is C.CC.CN. The van der Waals surface area contributed by atoms with E-state index in [1.54, 1.807) is 0 Å². The van der Waals surface area contributed by atoms with E-state index < -0.39 is 0 Å². The van der Waals surface area contributed by atoms with Gasteiger partial charge < -0.3 is 5.73 Å². The zero-order valence-electron chi connectivity index (χ0n) is 3.58. The van der Waals surface area contributed by atoms with Crippen molar-refractivity contribution in [3.05, 3.63) is 0 Å². The van der Waals surface area contributed by atoms with Crippen molar-refractivity contribution in [3.63, 3.8) is 0 Å². The van der Waals surface area contributed by atoms with Crippen molar-refractivity contribution in [2.75, 3.05) is 7.05 Å². The molecule has 36 valence electrons. The molecule has 0 aromatic heterocycles. The third-order valence-electron chi connectivity index (χ3n) is 0. The zero-order valence-corrected chi connectivity index (χ0v) is 3.58. The van der Waals surface area contributed by atoms with Gasteiger partial charge in [-0.25, -0.2) is 0 Å². The largest absolute Gasteiger partial charge is 0.333 e. The lowest BCUT2D eigenvalue weighted by molar-refractivity contribution is 1.48. The van der Waals surface area contributed by atoms with Crippen LogP contribution < -0.4 is 5.73 Å². The summed E-state index contributed by atoms with van der Waals surface area (Å²) in [7, 11) is 1.50. The van der Waals surface area contributed by atoms with Crippen molar-refractivity contribution in [1.29, 1.82) is 0 Å². The van der Waals surface area contributed by atoms with Crippen LogP contribution >= 0.6 is 0 Å². The molecule has 0 saturated heterocycles. The molecule has 0 spiro atoms. The van der Waals surface area contributed by atoms with E-state index >= 15 is 0 Å². The number of rotatable bonds is 0. The van der Waals surface area contributed by atoms with Crippen LogP contribution in [0.1, 0.15) is 21.3 Å². The van der Waals surface area contributed by atoms with Gasteiger partial charge in [-0.2, -0.15) is 0 Å². The molecule has 2 N–H and O–H groups in total. The molecule has 0 aromatic carbocycles. The maximum Gasteiger partial charge on any atom is -0.0195 e. The summed E-state index contributed by atoms with van der Waals surface area (Å²) >= 11 is 0. The summed E-state index contributed by atoms with van der Waals surface area (Å²) in [4.78, 5) is 0. The lowest BCUT2D eigenvalue weighted by atomic mass is 11.0. The Morgan fingerprint density at radius 3 is 1.00 bits per heavy atom. The zero-order chi connectivity index (χ0) is 4.00. The van der Waals surface area contributed by atoms with Gasteiger partial charge in [-0.3, -0.25) is 0 Å². The molecule has 0 heterocycles. The molecule has 0 aliphatic rings. The van der Waals surface area contributed by atoms with Gasteiger partial charge in [-0.05, 0) is 7.05 Å². The normalized spacial score (nSPS) is 2.40. The van der Waals surface area contributed by atoms with Crippen LogP contribution in [0.3, 0.4) is 0 Å². The van der Waals surface area contributed by atoms with Crippen LogP contribution in [0.2, 0.25) is 0 Å². The van der Waals surface area contributed by atoms with E-state index in [4.69, 9.17) is 0 Å². The van der Waals surface area contributed by atoms with Crippen LogP contribution in [0.4, 0.5) is 0 Å². The summed E-state index contributed by atoms with van der Waals surface area (Å²) in [5, 5.41) is 0. The Hall–Kier alpha value is -0.0400. The highest BCUT2D eigenvalue weighted by Gasteiger charge is 0.932. The van der Waals surface area contributed by atoms with Crippen LogP contribution in [0.5, 0.6) is 0 Å². The summed E-state index contributed by atoms with van der Waals surface area (Å²) in [6.07, 6.45) is 0. The van der Waals surface area contributed by atoms with Gasteiger partial charge >= 0.3 is 0 Å². The van der Waals surface area contributed by atoms with Crippen molar-refractivity contribution < 1.29 is 0 Å². The van der Waals surface area contributed by atoms with Crippen LogP contribution in [0.15, 0.2) is 0 Å². The fourth-order valence-electron chi connectivity index (χ4n) is 0. The molecule has 0 aliphatic carbocycles. The highest BCUT2D eigenvalue weighted by Crippen LogP contribution is 1.14. The van der Waals surface area contributed by atoms with Gasteiger partial charge in [0.25, 0.3) is 0 Å². The van der Waals surface area contributed by atoms with Crippen molar-refractivity contribution >= 4 is 0 Å². The first-order valence-corrected chi connectivity index (χ1v) is 1.58. The second kappa shape index (κ2) is 21700. The second-order valence-corrected chi connectivity index (χ2v) is 0. The van der Waals surface area contributed by atoms with Gasteiger partial charge in [0, 0.05) is 0 Å². The minimum Gasteiger partial charge on any atom is -0.333 e. The Labute approximate surface area is 35.2 Å². The van der Waals surface area contributed by atoms with Gasteiger partial charge in [0.05, 0.1) is 0 Å². The topological polar surface area (TPSA) is 26.0 Å². The molecule has 0 radical (unpaired) electrons. The summed E-state index contributed by atoms with van der Waals surface area (Å²) in [5.74, 6) is 0. The van der Waals surface area contributed by atoms with E-state index in [0.29, 0.717) is 0 Å². The lowest BCUT2D eigenvalue weighted by Gasteiger charge is -1.19. The molecule has 0 fully saturated rings. The molecule has 0 amide bonds. The summed E-state index contributed by atoms with van der Waals surface area (Å²) in [6, 6.07) is 0. The molecule has 5 heavy (non-hydrogen) atoms. The number of nitrogens with two attached hydrogens (primary N) is 1. The predicted octanol–water partition coefficient (Wildman–Crippen LogP) is 1.24. The standard InChI is InChI=1S/C2H6.CH5N.CH4/c2*1-2;/h1-2H3;2H2,1H3;1H4. The minimum absolute atomic E-state index is 0. The fraction of sp³-hybridized carbons (Fsp3) is 1.00. The Balaban J connectivity index is -0.0000000133. The van der Waals surface area contributed by atoms with Crippen molar-refractivity contribution in [3.8, 4) is 0 Å². The number of hydrogen-bond donors (Lipinski definition) is 1. The van der Waals surface area contributed by atoms with Crippen molar-refractivity contribution in [2.24, 2.45) is 5.73 Å². The van der Waals surface area contributed by atoms with E-state index in [9.17, 15) is 0 Å². The average molecular weight is 77.2 g/mol. The van der Waals surface area contributed by atoms with Crippen LogP contribution in [-0.4, -0.2) is 7.05 Å². The van der Waals surface area contributed by atoms with E-state index in [2.05, 4.69) is 5.73 Å². The molecule has 0 rings (SSSR count). The van der Waals surface area contributed by atoms with Crippen molar-refractivity contribution in [1.82, 2.24) is 0 Å². The summed E-state index contributed by atoms with van der Waals surface area (Å²) in [6.45, 7) is 4.00. The fourth-order valence-corrected chi connectivity index (χ4v) is 0. The van der Waals surface area contributed by atoms with Crippen LogP contribution in [0, 0.1) is 0 Å². The first kappa shape index (κ1) is 20.2. The molecule has 0 unspecified atom stereocenters. The molecule has 0 atom stereocenters. The van der Waals surface area contributed by atoms with Crippen molar-refractivity contribution in [2.45, 2.75) is 21.3 Å². The first-order chi connectivity index (χ1) is 2.00. The lowest BCUT2D eigenvalue weighted by Crippen LogP contribution is -1.69. The molecular weight excluding hydrogens is 62.1 g/mol. The molecule has 1 nitrogen and oxygen atoms in total. The molecule has 0 aliphatic heterocycles. The third kappa shape index (κ3) is 9510. The van der Waals surface area contributed by atoms with Gasteiger partial charge in [-0.15, -0.1) is 0 Å². The second-order valence-electron chi connectivity index (χ2n) is 0. The highest BCUT2D eigenvalue weighted by molar-refractivity contribution is 3.54. The molecule has 1 heteroatoms. The average Bonchev–Trinajstić information content (AvgIpc) is 1.50. The Bertz CT molecular complexity index is 3.61. The quantitative estimate of drug-likeness (QED) is 0.462. The van der Waals surface area contributed by atoms with Gasteiger partial charge in [-0.1, -0.05) is 21.3 Å². The summed E-state index contributed by atoms with van der Waals surface area (Å²) in [5.41, 5.74) is 4.50. The maximum atomic E-state index is 4.50. The maximum absolute atomic E-state index is 4.50.